The van der Waals surface area contributed by atoms with Crippen molar-refractivity contribution in [2.45, 2.75) is 77.5 Å². The lowest BCUT2D eigenvalue weighted by molar-refractivity contribution is -0.151. The highest BCUT2D eigenvalue weighted by Crippen LogP contribution is 2.29. The fourth-order valence-electron chi connectivity index (χ4n) is 4.27. The van der Waals surface area contributed by atoms with E-state index >= 15 is 0 Å². The molecule has 1 atom stereocenters. The Bertz CT molecular complexity index is 1010. The third kappa shape index (κ3) is 8.36. The number of esters is 1. The monoisotopic (exact) mass is 500 g/mol. The molecule has 0 bridgehead atoms. The van der Waals surface area contributed by atoms with Gasteiger partial charge in [0, 0.05) is 11.4 Å². The summed E-state index contributed by atoms with van der Waals surface area (Å²) in [6.07, 6.45) is 6.50. The van der Waals surface area contributed by atoms with Crippen LogP contribution in [0.25, 0.3) is 0 Å². The van der Waals surface area contributed by atoms with E-state index in [0.29, 0.717) is 23.9 Å². The Morgan fingerprint density at radius 2 is 1.71 bits per heavy atom. The second kappa shape index (κ2) is 12.7. The van der Waals surface area contributed by atoms with Gasteiger partial charge in [0.05, 0.1) is 5.56 Å². The molecule has 2 aromatic rings. The molecule has 0 radical (unpaired) electrons. The number of nitrogens with two attached hydrogens (primary N) is 2. The van der Waals surface area contributed by atoms with Gasteiger partial charge in [-0.1, -0.05) is 38.1 Å². The number of amides is 3. The van der Waals surface area contributed by atoms with Crippen LogP contribution in [0, 0.1) is 5.92 Å². The van der Waals surface area contributed by atoms with E-state index in [4.69, 9.17) is 16.2 Å². The van der Waals surface area contributed by atoms with Gasteiger partial charge in [0.2, 0.25) is 0 Å². The zero-order valence-corrected chi connectivity index (χ0v) is 21.3. The summed E-state index contributed by atoms with van der Waals surface area (Å²) in [7, 11) is 0. The van der Waals surface area contributed by atoms with Gasteiger partial charge >= 0.3 is 12.0 Å². The van der Waals surface area contributed by atoms with E-state index in [1.54, 1.807) is 6.07 Å². The number of rotatable bonds is 12. The average molecular weight is 501 g/mol. The maximum Gasteiger partial charge on any atom is 0.323 e. The van der Waals surface area contributed by atoms with Gasteiger partial charge in [-0.05, 0) is 68.1 Å². The number of urea groups is 1. The van der Waals surface area contributed by atoms with Gasteiger partial charge < -0.3 is 21.5 Å². The normalized spacial score (nSPS) is 14.7. The van der Waals surface area contributed by atoms with Crippen molar-refractivity contribution in [3.8, 4) is 0 Å². The van der Waals surface area contributed by atoms with Crippen LogP contribution in [0.4, 0.5) is 9.80 Å². The lowest BCUT2D eigenvalue weighted by atomic mass is 10.0. The van der Waals surface area contributed by atoms with Gasteiger partial charge in [0.1, 0.15) is 17.1 Å². The van der Waals surface area contributed by atoms with Crippen LogP contribution in [0.15, 0.2) is 30.3 Å². The summed E-state index contributed by atoms with van der Waals surface area (Å²) >= 11 is 1.30. The van der Waals surface area contributed by atoms with Gasteiger partial charge in [0.25, 0.3) is 5.91 Å². The predicted molar refractivity (Wildman–Crippen MR) is 138 cm³/mol. The molecule has 0 saturated heterocycles. The zero-order valence-electron chi connectivity index (χ0n) is 20.5. The van der Waals surface area contributed by atoms with Crippen molar-refractivity contribution in [2.75, 3.05) is 5.32 Å². The molecule has 1 saturated carbocycles. The standard InChI is InChI=1S/C26H36N4O4S/c1-16(2)13-22(25(32)34-19-5-3-4-6-19)29-15-18-9-7-17(8-10-18)11-12-20-14-21(23(27)31)24(35-20)30-26(28)33/h7-10,14,16,19,22,29H,3-6,11-13,15H2,1-2H3,(H2,27,31)(H3,28,30,33). The molecule has 0 aliphatic heterocycles. The molecule has 1 heterocycles. The number of hydrogen-bond donors (Lipinski definition) is 4. The number of benzene rings is 1. The third-order valence-electron chi connectivity index (χ3n) is 6.10. The lowest BCUT2D eigenvalue weighted by Gasteiger charge is -2.22. The van der Waals surface area contributed by atoms with E-state index in [1.165, 1.54) is 11.3 Å². The number of primary amides is 2. The van der Waals surface area contributed by atoms with Gasteiger partial charge in [-0.25, -0.2) is 4.79 Å². The smallest absolute Gasteiger partial charge is 0.323 e. The van der Waals surface area contributed by atoms with Gasteiger partial charge in [-0.2, -0.15) is 0 Å². The number of thiophene rings is 1. The number of ether oxygens (including phenoxy) is 1. The van der Waals surface area contributed by atoms with Crippen molar-refractivity contribution >= 4 is 34.2 Å². The molecule has 1 fully saturated rings. The van der Waals surface area contributed by atoms with E-state index in [1.807, 2.05) is 0 Å². The fourth-order valence-corrected chi connectivity index (χ4v) is 5.34. The second-order valence-corrected chi connectivity index (χ2v) is 10.7. The van der Waals surface area contributed by atoms with Crippen LogP contribution in [0.3, 0.4) is 0 Å². The van der Waals surface area contributed by atoms with Crippen LogP contribution in [-0.4, -0.2) is 30.1 Å². The first-order valence-corrected chi connectivity index (χ1v) is 13.0. The number of carbonyl (C=O) groups is 3. The minimum absolute atomic E-state index is 0.0725. The molecule has 1 aliphatic rings. The largest absolute Gasteiger partial charge is 0.461 e. The van der Waals surface area contributed by atoms with E-state index in [0.717, 1.165) is 54.5 Å². The molecule has 1 aliphatic carbocycles. The molecule has 3 rings (SSSR count). The Morgan fingerprint density at radius 3 is 2.31 bits per heavy atom. The minimum Gasteiger partial charge on any atom is -0.461 e. The highest BCUT2D eigenvalue weighted by atomic mass is 32.1. The van der Waals surface area contributed by atoms with E-state index in [-0.39, 0.29) is 23.7 Å². The van der Waals surface area contributed by atoms with Crippen molar-refractivity contribution in [1.29, 1.82) is 0 Å². The molecular weight excluding hydrogens is 464 g/mol. The molecule has 1 unspecified atom stereocenters. The molecule has 35 heavy (non-hydrogen) atoms. The van der Waals surface area contributed by atoms with Crippen LogP contribution < -0.4 is 22.1 Å². The first-order valence-electron chi connectivity index (χ1n) is 12.2. The van der Waals surface area contributed by atoms with Crippen molar-refractivity contribution in [3.05, 3.63) is 51.9 Å². The van der Waals surface area contributed by atoms with Crippen molar-refractivity contribution < 1.29 is 19.1 Å². The summed E-state index contributed by atoms with van der Waals surface area (Å²) < 4.78 is 5.74. The number of nitrogens with one attached hydrogen (secondary N) is 2. The van der Waals surface area contributed by atoms with Crippen molar-refractivity contribution in [2.24, 2.45) is 17.4 Å². The molecule has 8 nitrogen and oxygen atoms in total. The topological polar surface area (TPSA) is 137 Å². The third-order valence-corrected chi connectivity index (χ3v) is 7.21. The van der Waals surface area contributed by atoms with Gasteiger partial charge in [-0.15, -0.1) is 11.3 Å². The van der Waals surface area contributed by atoms with Crippen LogP contribution in [0.1, 0.15) is 72.3 Å². The average Bonchev–Trinajstić information content (AvgIpc) is 3.45. The molecule has 3 amide bonds. The summed E-state index contributed by atoms with van der Waals surface area (Å²) in [6, 6.07) is 8.91. The molecular formula is C26H36N4O4S. The highest BCUT2D eigenvalue weighted by Gasteiger charge is 2.26. The number of carbonyl (C=O) groups excluding carboxylic acids is 3. The van der Waals surface area contributed by atoms with Crippen molar-refractivity contribution in [3.63, 3.8) is 0 Å². The molecule has 190 valence electrons. The first kappa shape index (κ1) is 26.7. The molecule has 0 spiro atoms. The Balaban J connectivity index is 1.53. The van der Waals surface area contributed by atoms with E-state index in [9.17, 15) is 14.4 Å². The fraction of sp³-hybridized carbons (Fsp3) is 0.500. The maximum absolute atomic E-state index is 12.7. The summed E-state index contributed by atoms with van der Waals surface area (Å²) in [5.41, 5.74) is 13.1. The predicted octanol–water partition coefficient (Wildman–Crippen LogP) is 4.11. The van der Waals surface area contributed by atoms with Crippen LogP contribution in [0.5, 0.6) is 0 Å². The Hall–Kier alpha value is -2.91. The summed E-state index contributed by atoms with van der Waals surface area (Å²) in [4.78, 5) is 36.4. The number of aryl methyl sites for hydroxylation is 2. The molecule has 9 heteroatoms. The SMILES string of the molecule is CC(C)CC(NCc1ccc(CCc2cc(C(N)=O)c(NC(N)=O)s2)cc1)C(=O)OC1CCCC1. The minimum atomic E-state index is -0.729. The quantitative estimate of drug-likeness (QED) is 0.325. The Labute approximate surface area is 210 Å². The first-order chi connectivity index (χ1) is 16.7. The maximum atomic E-state index is 12.7. The van der Waals surface area contributed by atoms with Crippen LogP contribution in [0.2, 0.25) is 0 Å². The summed E-state index contributed by atoms with van der Waals surface area (Å²) in [6.45, 7) is 4.81. The Morgan fingerprint density at radius 1 is 1.06 bits per heavy atom. The van der Waals surface area contributed by atoms with Gasteiger partial charge in [0.15, 0.2) is 0 Å². The summed E-state index contributed by atoms with van der Waals surface area (Å²) in [5.74, 6) is -0.355. The second-order valence-electron chi connectivity index (χ2n) is 9.53. The summed E-state index contributed by atoms with van der Waals surface area (Å²) in [5, 5.41) is 6.23. The van der Waals surface area contributed by atoms with E-state index in [2.05, 4.69) is 48.7 Å². The molecule has 1 aromatic heterocycles. The number of anilines is 1. The Kier molecular flexibility index (Phi) is 9.68. The highest BCUT2D eigenvalue weighted by molar-refractivity contribution is 7.16. The van der Waals surface area contributed by atoms with Crippen LogP contribution in [-0.2, 0) is 28.9 Å². The zero-order chi connectivity index (χ0) is 25.4. The molecule has 1 aromatic carbocycles. The van der Waals surface area contributed by atoms with Gasteiger partial charge in [-0.3, -0.25) is 14.9 Å². The van der Waals surface area contributed by atoms with Crippen molar-refractivity contribution in [1.82, 2.24) is 5.32 Å². The number of hydrogen-bond acceptors (Lipinski definition) is 6. The van der Waals surface area contributed by atoms with E-state index < -0.39 is 11.9 Å². The molecule has 6 N–H and O–H groups in total. The van der Waals surface area contributed by atoms with Crippen LogP contribution >= 0.6 is 11.3 Å². The lowest BCUT2D eigenvalue weighted by Crippen LogP contribution is -2.40.